The van der Waals surface area contributed by atoms with E-state index in [9.17, 15) is 14.4 Å². The second-order valence-corrected chi connectivity index (χ2v) is 9.45. The van der Waals surface area contributed by atoms with Gasteiger partial charge in [-0.1, -0.05) is 30.7 Å². The molecule has 0 bridgehead atoms. The number of benzene rings is 2. The van der Waals surface area contributed by atoms with Gasteiger partial charge in [0.1, 0.15) is 12.4 Å². The summed E-state index contributed by atoms with van der Waals surface area (Å²) in [5.74, 6) is 0.0171. The Labute approximate surface area is 216 Å². The van der Waals surface area contributed by atoms with Crippen molar-refractivity contribution in [1.82, 2.24) is 9.80 Å². The van der Waals surface area contributed by atoms with Crippen molar-refractivity contribution in [3.8, 4) is 5.75 Å². The summed E-state index contributed by atoms with van der Waals surface area (Å²) in [5.41, 5.74) is 1.16. The Balaban J connectivity index is 1.89. The van der Waals surface area contributed by atoms with Gasteiger partial charge in [0.2, 0.25) is 5.91 Å². The molecule has 0 saturated carbocycles. The molecule has 1 heterocycles. The predicted molar refractivity (Wildman–Crippen MR) is 140 cm³/mol. The first-order valence-corrected chi connectivity index (χ1v) is 12.1. The maximum Gasteiger partial charge on any atom is 0.323 e. The number of nitrogens with zero attached hydrogens (tertiary/aromatic N) is 2. The molecule has 0 unspecified atom stereocenters. The number of urea groups is 1. The van der Waals surface area contributed by atoms with Gasteiger partial charge >= 0.3 is 6.03 Å². The molecule has 0 saturated heterocycles. The van der Waals surface area contributed by atoms with Crippen LogP contribution in [0, 0.1) is 5.92 Å². The Kier molecular flexibility index (Phi) is 9.17. The van der Waals surface area contributed by atoms with Gasteiger partial charge in [-0.2, -0.15) is 0 Å². The fraction of sp³-hybridized carbons (Fsp3) is 0.423. The van der Waals surface area contributed by atoms with E-state index in [0.29, 0.717) is 35.2 Å². The molecule has 0 aromatic heterocycles. The molecule has 0 radical (unpaired) electrons. The highest BCUT2D eigenvalue weighted by molar-refractivity contribution is 6.33. The minimum Gasteiger partial charge on any atom is -0.491 e. The van der Waals surface area contributed by atoms with Gasteiger partial charge in [0.15, 0.2) is 0 Å². The highest BCUT2D eigenvalue weighted by Gasteiger charge is 2.29. The van der Waals surface area contributed by atoms with Crippen LogP contribution in [-0.2, 0) is 9.53 Å². The number of ether oxygens (including phenoxy) is 2. The third-order valence-electron chi connectivity index (χ3n) is 6.23. The van der Waals surface area contributed by atoms with Crippen molar-refractivity contribution in [3.05, 3.63) is 53.1 Å². The number of para-hydroxylation sites is 1. The Morgan fingerprint density at radius 1 is 1.11 bits per heavy atom. The van der Waals surface area contributed by atoms with Crippen LogP contribution in [0.4, 0.5) is 16.2 Å². The molecule has 2 aromatic rings. The third-order valence-corrected chi connectivity index (χ3v) is 6.56. The van der Waals surface area contributed by atoms with Crippen LogP contribution < -0.4 is 15.4 Å². The van der Waals surface area contributed by atoms with Crippen molar-refractivity contribution >= 4 is 40.8 Å². The van der Waals surface area contributed by atoms with Gasteiger partial charge in [0.25, 0.3) is 5.91 Å². The van der Waals surface area contributed by atoms with Crippen LogP contribution in [-0.4, -0.2) is 73.6 Å². The first kappa shape index (κ1) is 27.3. The Morgan fingerprint density at radius 2 is 1.83 bits per heavy atom. The fourth-order valence-corrected chi connectivity index (χ4v) is 4.32. The van der Waals surface area contributed by atoms with Gasteiger partial charge in [-0.25, -0.2) is 4.79 Å². The largest absolute Gasteiger partial charge is 0.491 e. The maximum atomic E-state index is 13.4. The van der Waals surface area contributed by atoms with Gasteiger partial charge in [0.05, 0.1) is 28.4 Å². The highest BCUT2D eigenvalue weighted by atomic mass is 35.5. The summed E-state index contributed by atoms with van der Waals surface area (Å²) in [6, 6.07) is 11.0. The smallest absolute Gasteiger partial charge is 0.323 e. The molecule has 0 aliphatic carbocycles. The number of amides is 4. The fourth-order valence-electron chi connectivity index (χ4n) is 4.14. The van der Waals surface area contributed by atoms with Crippen molar-refractivity contribution in [1.29, 1.82) is 0 Å². The van der Waals surface area contributed by atoms with Crippen LogP contribution in [0.25, 0.3) is 0 Å². The number of nitrogens with one attached hydrogen (secondary N) is 2. The molecule has 3 atom stereocenters. The lowest BCUT2D eigenvalue weighted by atomic mass is 10.0. The second kappa shape index (κ2) is 12.1. The molecule has 1 aliphatic heterocycles. The number of hydrogen-bond donors (Lipinski definition) is 2. The van der Waals surface area contributed by atoms with Crippen molar-refractivity contribution < 1.29 is 23.9 Å². The quantitative estimate of drug-likeness (QED) is 0.632. The van der Waals surface area contributed by atoms with Crippen molar-refractivity contribution in [3.63, 3.8) is 0 Å². The Morgan fingerprint density at radius 3 is 2.50 bits per heavy atom. The Bertz CT molecular complexity index is 1110. The minimum absolute atomic E-state index is 0.0167. The van der Waals surface area contributed by atoms with Gasteiger partial charge < -0.3 is 29.9 Å². The van der Waals surface area contributed by atoms with E-state index in [1.54, 1.807) is 66.4 Å². The number of carbonyl (C=O) groups is 3. The number of hydrogen-bond acceptors (Lipinski definition) is 5. The van der Waals surface area contributed by atoms with Crippen molar-refractivity contribution in [2.45, 2.75) is 32.9 Å². The molecule has 36 heavy (non-hydrogen) atoms. The molecule has 4 amide bonds. The van der Waals surface area contributed by atoms with E-state index in [1.165, 1.54) is 6.92 Å². The number of carbonyl (C=O) groups excluding carboxylic acids is 3. The number of fused-ring (bicyclic) bond motifs is 1. The van der Waals surface area contributed by atoms with Crippen LogP contribution >= 0.6 is 11.6 Å². The van der Waals surface area contributed by atoms with E-state index in [-0.39, 0.29) is 42.0 Å². The van der Waals surface area contributed by atoms with Gasteiger partial charge in [-0.15, -0.1) is 0 Å². The van der Waals surface area contributed by atoms with E-state index < -0.39 is 6.03 Å². The molecular formula is C26H33ClN4O5. The summed E-state index contributed by atoms with van der Waals surface area (Å²) in [6.45, 7) is 6.44. The number of halogens is 1. The van der Waals surface area contributed by atoms with E-state index in [4.69, 9.17) is 21.1 Å². The lowest BCUT2D eigenvalue weighted by Gasteiger charge is -2.35. The molecular weight excluding hydrogens is 484 g/mol. The molecule has 3 rings (SSSR count). The molecule has 194 valence electrons. The van der Waals surface area contributed by atoms with Crippen molar-refractivity contribution in [2.75, 3.05) is 44.5 Å². The summed E-state index contributed by atoms with van der Waals surface area (Å²) >= 11 is 6.12. The van der Waals surface area contributed by atoms with Crippen LogP contribution in [0.15, 0.2) is 42.5 Å². The molecule has 0 fully saturated rings. The number of methoxy groups -OCH3 is 1. The number of likely N-dealkylation sites (N-methyl/N-ethyl adjacent to an activating group) is 1. The number of anilines is 2. The second-order valence-electron chi connectivity index (χ2n) is 9.04. The topological polar surface area (TPSA) is 100 Å². The van der Waals surface area contributed by atoms with E-state index in [0.717, 1.165) is 0 Å². The standard InChI is InChI=1S/C26H33ClN4O5/c1-16-13-31(18(3)32)17(2)15-36-23-11-10-19(12-20(23)25(33)30(4)14-24(16)35-5)28-26(34)29-22-9-7-6-8-21(22)27/h6-12,16-17,24H,13-15H2,1-5H3,(H2,28,29,34)/t16-,17-,24-/m1/s1. The minimum atomic E-state index is -0.503. The first-order valence-electron chi connectivity index (χ1n) is 11.8. The lowest BCUT2D eigenvalue weighted by Crippen LogP contribution is -2.48. The van der Waals surface area contributed by atoms with E-state index in [1.807, 2.05) is 13.8 Å². The zero-order chi connectivity index (χ0) is 26.4. The average Bonchev–Trinajstić information content (AvgIpc) is 2.84. The molecule has 9 nitrogen and oxygen atoms in total. The summed E-state index contributed by atoms with van der Waals surface area (Å²) in [6.07, 6.45) is -0.278. The molecule has 0 spiro atoms. The van der Waals surface area contributed by atoms with E-state index in [2.05, 4.69) is 10.6 Å². The van der Waals surface area contributed by atoms with Crippen LogP contribution in [0.3, 0.4) is 0 Å². The zero-order valence-electron chi connectivity index (χ0n) is 21.2. The lowest BCUT2D eigenvalue weighted by molar-refractivity contribution is -0.133. The summed E-state index contributed by atoms with van der Waals surface area (Å²) < 4.78 is 11.7. The molecule has 1 aliphatic rings. The molecule has 2 N–H and O–H groups in total. The number of rotatable bonds is 3. The van der Waals surface area contributed by atoms with Gasteiger partial charge in [0, 0.05) is 45.8 Å². The summed E-state index contributed by atoms with van der Waals surface area (Å²) in [5, 5.41) is 5.83. The summed E-state index contributed by atoms with van der Waals surface area (Å²) in [7, 11) is 3.29. The van der Waals surface area contributed by atoms with E-state index >= 15 is 0 Å². The van der Waals surface area contributed by atoms with Crippen LogP contribution in [0.5, 0.6) is 5.75 Å². The maximum absolute atomic E-state index is 13.4. The summed E-state index contributed by atoms with van der Waals surface area (Å²) in [4.78, 5) is 41.6. The van der Waals surface area contributed by atoms with Crippen LogP contribution in [0.2, 0.25) is 5.02 Å². The molecule has 10 heteroatoms. The SMILES string of the molecule is CO[C@@H]1CN(C)C(=O)c2cc(NC(=O)Nc3ccccc3Cl)ccc2OC[C@@H](C)N(C(C)=O)C[C@H]1C. The van der Waals surface area contributed by atoms with Gasteiger partial charge in [-0.05, 0) is 37.3 Å². The zero-order valence-corrected chi connectivity index (χ0v) is 22.0. The van der Waals surface area contributed by atoms with Crippen molar-refractivity contribution in [2.24, 2.45) is 5.92 Å². The normalized spacial score (nSPS) is 20.9. The Hall–Kier alpha value is -3.30. The van der Waals surface area contributed by atoms with Crippen LogP contribution in [0.1, 0.15) is 31.1 Å². The highest BCUT2D eigenvalue weighted by Crippen LogP contribution is 2.27. The third kappa shape index (κ3) is 6.67. The predicted octanol–water partition coefficient (Wildman–Crippen LogP) is 4.34. The monoisotopic (exact) mass is 516 g/mol. The van der Waals surface area contributed by atoms with Gasteiger partial charge in [-0.3, -0.25) is 9.59 Å². The first-order chi connectivity index (χ1) is 17.1. The average molecular weight is 517 g/mol. The molecule has 2 aromatic carbocycles.